The van der Waals surface area contributed by atoms with Crippen molar-refractivity contribution < 1.29 is 14.6 Å². The van der Waals surface area contributed by atoms with E-state index in [0.29, 0.717) is 5.75 Å². The van der Waals surface area contributed by atoms with Crippen LogP contribution in [0.2, 0.25) is 0 Å². The van der Waals surface area contributed by atoms with Crippen LogP contribution in [0.5, 0.6) is 5.75 Å². The zero-order valence-electron chi connectivity index (χ0n) is 7.10. The van der Waals surface area contributed by atoms with Gasteiger partial charge in [-0.05, 0) is 12.1 Å². The largest absolute Gasteiger partial charge is 0.495 e. The summed E-state index contributed by atoms with van der Waals surface area (Å²) in [5, 5.41) is 8.63. The number of carbonyl (C=O) groups is 1. The smallest absolute Gasteiger partial charge is 0.326 e. The Bertz CT molecular complexity index is 314. The molecule has 1 heterocycles. The van der Waals surface area contributed by atoms with E-state index in [1.54, 1.807) is 12.1 Å². The predicted molar refractivity (Wildman–Crippen MR) is 45.4 cm³/mol. The first-order chi connectivity index (χ1) is 6.16. The van der Waals surface area contributed by atoms with Crippen molar-refractivity contribution in [1.29, 1.82) is 0 Å². The molecule has 0 spiro atoms. The molecule has 0 aliphatic heterocycles. The molecule has 0 radical (unpaired) electrons. The van der Waals surface area contributed by atoms with Gasteiger partial charge in [-0.25, -0.2) is 0 Å². The van der Waals surface area contributed by atoms with Gasteiger partial charge in [0.2, 0.25) is 0 Å². The van der Waals surface area contributed by atoms with Gasteiger partial charge < -0.3 is 15.6 Å². The van der Waals surface area contributed by atoms with Gasteiger partial charge in [0.15, 0.2) is 0 Å². The number of hydrogen-bond acceptors (Lipinski definition) is 4. The number of ether oxygens (including phenoxy) is 1. The van der Waals surface area contributed by atoms with Crippen LogP contribution in [0.4, 0.5) is 0 Å². The number of methoxy groups -OCH3 is 1. The molecule has 1 aromatic rings. The molecule has 13 heavy (non-hydrogen) atoms. The second kappa shape index (κ2) is 3.86. The van der Waals surface area contributed by atoms with Crippen LogP contribution >= 0.6 is 0 Å². The molecule has 0 amide bonds. The van der Waals surface area contributed by atoms with Crippen LogP contribution in [0, 0.1) is 0 Å². The molecule has 0 fully saturated rings. The Balaban J connectivity index is 3.05. The Hall–Kier alpha value is -1.62. The van der Waals surface area contributed by atoms with E-state index in [1.807, 2.05) is 0 Å². The summed E-state index contributed by atoms with van der Waals surface area (Å²) < 4.78 is 4.91. The zero-order valence-corrected chi connectivity index (χ0v) is 7.10. The van der Waals surface area contributed by atoms with Crippen molar-refractivity contribution in [2.24, 2.45) is 5.73 Å². The summed E-state index contributed by atoms with van der Waals surface area (Å²) in [5.41, 5.74) is 5.61. The van der Waals surface area contributed by atoms with Crippen LogP contribution in [-0.4, -0.2) is 23.2 Å². The van der Waals surface area contributed by atoms with Crippen LogP contribution < -0.4 is 10.5 Å². The molecule has 5 nitrogen and oxygen atoms in total. The van der Waals surface area contributed by atoms with Crippen molar-refractivity contribution in [3.63, 3.8) is 0 Å². The van der Waals surface area contributed by atoms with Crippen LogP contribution in [0.3, 0.4) is 0 Å². The maximum absolute atomic E-state index is 10.5. The Kier molecular flexibility index (Phi) is 2.81. The van der Waals surface area contributed by atoms with E-state index in [-0.39, 0.29) is 5.69 Å². The molecule has 1 unspecified atom stereocenters. The fourth-order valence-electron chi connectivity index (χ4n) is 0.926. The summed E-state index contributed by atoms with van der Waals surface area (Å²) in [7, 11) is 1.44. The lowest BCUT2D eigenvalue weighted by atomic mass is 10.2. The van der Waals surface area contributed by atoms with E-state index in [2.05, 4.69) is 4.98 Å². The molecule has 0 aliphatic rings. The second-order valence-corrected chi connectivity index (χ2v) is 2.41. The van der Waals surface area contributed by atoms with Crippen molar-refractivity contribution >= 4 is 5.97 Å². The van der Waals surface area contributed by atoms with Gasteiger partial charge in [-0.1, -0.05) is 0 Å². The normalized spacial score (nSPS) is 12.2. The van der Waals surface area contributed by atoms with Crippen LogP contribution in [0.1, 0.15) is 11.7 Å². The van der Waals surface area contributed by atoms with Gasteiger partial charge in [0.25, 0.3) is 0 Å². The molecule has 3 N–H and O–H groups in total. The Labute approximate surface area is 75.2 Å². The average molecular weight is 182 g/mol. The number of rotatable bonds is 3. The third-order valence-corrected chi connectivity index (χ3v) is 1.58. The summed E-state index contributed by atoms with van der Waals surface area (Å²) in [6.45, 7) is 0. The molecule has 1 rings (SSSR count). The molecule has 0 aromatic carbocycles. The van der Waals surface area contributed by atoms with Gasteiger partial charge in [-0.3, -0.25) is 9.78 Å². The quantitative estimate of drug-likeness (QED) is 0.696. The highest BCUT2D eigenvalue weighted by Gasteiger charge is 2.19. The number of pyridine rings is 1. The molecular weight excluding hydrogens is 172 g/mol. The van der Waals surface area contributed by atoms with E-state index in [1.165, 1.54) is 13.3 Å². The Morgan fingerprint density at radius 3 is 3.00 bits per heavy atom. The lowest BCUT2D eigenvalue weighted by Crippen LogP contribution is -2.22. The minimum absolute atomic E-state index is 0.234. The lowest BCUT2D eigenvalue weighted by molar-refractivity contribution is -0.138. The molecule has 0 saturated carbocycles. The van der Waals surface area contributed by atoms with Crippen molar-refractivity contribution in [2.45, 2.75) is 6.04 Å². The molecule has 70 valence electrons. The number of nitrogens with two attached hydrogens (primary N) is 1. The fourth-order valence-corrected chi connectivity index (χ4v) is 0.926. The Morgan fingerprint density at radius 2 is 2.46 bits per heavy atom. The highest BCUT2D eigenvalue weighted by Crippen LogP contribution is 2.20. The summed E-state index contributed by atoms with van der Waals surface area (Å²) in [6.07, 6.45) is 1.47. The number of aliphatic carboxylic acids is 1. The molecule has 1 atom stereocenters. The standard InChI is InChI=1S/C8H10N2O3/c1-13-5-3-2-4-10-7(5)6(9)8(11)12/h2-4,6H,9H2,1H3,(H,11,12). The van der Waals surface area contributed by atoms with Crippen molar-refractivity contribution in [2.75, 3.05) is 7.11 Å². The number of nitrogens with zero attached hydrogens (tertiary/aromatic N) is 1. The first-order valence-corrected chi connectivity index (χ1v) is 3.64. The SMILES string of the molecule is COc1cccnc1C(N)C(=O)O. The third-order valence-electron chi connectivity index (χ3n) is 1.58. The topological polar surface area (TPSA) is 85.4 Å². The van der Waals surface area contributed by atoms with Gasteiger partial charge in [0, 0.05) is 6.20 Å². The zero-order chi connectivity index (χ0) is 9.84. The molecule has 0 aliphatic carbocycles. The highest BCUT2D eigenvalue weighted by atomic mass is 16.5. The van der Waals surface area contributed by atoms with E-state index in [4.69, 9.17) is 15.6 Å². The summed E-state index contributed by atoms with van der Waals surface area (Å²) in [5.74, 6) is -0.741. The number of aromatic nitrogens is 1. The predicted octanol–water partition coefficient (Wildman–Crippen LogP) is 0.175. The Morgan fingerprint density at radius 1 is 1.77 bits per heavy atom. The van der Waals surface area contributed by atoms with E-state index >= 15 is 0 Å². The summed E-state index contributed by atoms with van der Waals surface area (Å²) in [4.78, 5) is 14.4. The maximum Gasteiger partial charge on any atom is 0.326 e. The molecule has 5 heteroatoms. The van der Waals surface area contributed by atoms with Crippen molar-refractivity contribution in [1.82, 2.24) is 4.98 Å². The van der Waals surface area contributed by atoms with Crippen molar-refractivity contribution in [3.8, 4) is 5.75 Å². The minimum atomic E-state index is -1.14. The van der Waals surface area contributed by atoms with E-state index < -0.39 is 12.0 Å². The van der Waals surface area contributed by atoms with E-state index in [9.17, 15) is 4.79 Å². The van der Waals surface area contributed by atoms with Gasteiger partial charge in [-0.2, -0.15) is 0 Å². The lowest BCUT2D eigenvalue weighted by Gasteiger charge is -2.09. The molecule has 0 saturated heterocycles. The monoisotopic (exact) mass is 182 g/mol. The minimum Gasteiger partial charge on any atom is -0.495 e. The fraction of sp³-hybridized carbons (Fsp3) is 0.250. The summed E-state index contributed by atoms with van der Waals surface area (Å²) in [6, 6.07) is 2.12. The van der Waals surface area contributed by atoms with E-state index in [0.717, 1.165) is 0 Å². The molecule has 0 bridgehead atoms. The first-order valence-electron chi connectivity index (χ1n) is 3.64. The molecular formula is C8H10N2O3. The molecule has 1 aromatic heterocycles. The van der Waals surface area contributed by atoms with Gasteiger partial charge in [0.1, 0.15) is 17.5 Å². The number of hydrogen-bond donors (Lipinski definition) is 2. The third kappa shape index (κ3) is 1.94. The van der Waals surface area contributed by atoms with Gasteiger partial charge in [0.05, 0.1) is 7.11 Å². The number of carboxylic acids is 1. The second-order valence-electron chi connectivity index (χ2n) is 2.41. The van der Waals surface area contributed by atoms with Crippen LogP contribution in [0.25, 0.3) is 0 Å². The van der Waals surface area contributed by atoms with Crippen LogP contribution in [-0.2, 0) is 4.79 Å². The van der Waals surface area contributed by atoms with Gasteiger partial charge >= 0.3 is 5.97 Å². The van der Waals surface area contributed by atoms with Gasteiger partial charge in [-0.15, -0.1) is 0 Å². The van der Waals surface area contributed by atoms with Crippen molar-refractivity contribution in [3.05, 3.63) is 24.0 Å². The summed E-state index contributed by atoms with van der Waals surface area (Å²) >= 11 is 0. The first kappa shape index (κ1) is 9.47. The number of carboxylic acid groups (broad SMARTS) is 1. The maximum atomic E-state index is 10.5. The van der Waals surface area contributed by atoms with Crippen LogP contribution in [0.15, 0.2) is 18.3 Å². The average Bonchev–Trinajstić information content (AvgIpc) is 2.16. The highest BCUT2D eigenvalue weighted by molar-refractivity contribution is 5.75.